The van der Waals surface area contributed by atoms with Crippen LogP contribution in [0, 0.1) is 0 Å². The Balaban J connectivity index is 0.760. The van der Waals surface area contributed by atoms with Crippen molar-refractivity contribution in [3.05, 3.63) is 59.7 Å². The zero-order valence-corrected chi connectivity index (χ0v) is 34.4. The summed E-state index contributed by atoms with van der Waals surface area (Å²) in [6.07, 6.45) is 3.89. The van der Waals surface area contributed by atoms with Crippen molar-refractivity contribution in [1.82, 2.24) is 26.6 Å². The van der Waals surface area contributed by atoms with Gasteiger partial charge in [-0.05, 0) is 54.4 Å². The Kier molecular flexibility index (Phi) is 19.5. The van der Waals surface area contributed by atoms with E-state index in [9.17, 15) is 29.1 Å². The predicted molar refractivity (Wildman–Crippen MR) is 221 cm³/mol. The molecular formula is C42H59N5O11S. The van der Waals surface area contributed by atoms with Gasteiger partial charge >= 0.3 is 18.1 Å². The average Bonchev–Trinajstić information content (AvgIpc) is 3.89. The molecule has 2 heterocycles. The van der Waals surface area contributed by atoms with E-state index >= 15 is 0 Å². The van der Waals surface area contributed by atoms with Crippen LogP contribution in [0.1, 0.15) is 68.4 Å². The fraction of sp³-hybridized carbons (Fsp3) is 0.595. The minimum Gasteiger partial charge on any atom is -0.480 e. The maximum atomic E-state index is 12.6. The Hall–Kier alpha value is -4.42. The zero-order valence-electron chi connectivity index (χ0n) is 33.6. The third-order valence-corrected chi connectivity index (χ3v) is 11.9. The van der Waals surface area contributed by atoms with Gasteiger partial charge < -0.3 is 55.4 Å². The number of amides is 5. The van der Waals surface area contributed by atoms with E-state index in [-0.39, 0.29) is 61.9 Å². The summed E-state index contributed by atoms with van der Waals surface area (Å²) in [6.45, 7) is 3.93. The molecule has 0 bridgehead atoms. The number of alkyl carbamates (subject to hydrolysis) is 1. The minimum absolute atomic E-state index is 0.0174. The number of urea groups is 1. The molecule has 2 saturated heterocycles. The van der Waals surface area contributed by atoms with Crippen molar-refractivity contribution in [3.63, 3.8) is 0 Å². The summed E-state index contributed by atoms with van der Waals surface area (Å²) in [6, 6.07) is 15.2. The van der Waals surface area contributed by atoms with Crippen molar-refractivity contribution in [3.8, 4) is 11.1 Å². The van der Waals surface area contributed by atoms with Gasteiger partial charge in [-0.3, -0.25) is 9.59 Å². The van der Waals surface area contributed by atoms with E-state index in [1.807, 2.05) is 60.3 Å². The van der Waals surface area contributed by atoms with Gasteiger partial charge in [-0.1, -0.05) is 55.0 Å². The second-order valence-corrected chi connectivity index (χ2v) is 15.9. The number of hydrogen-bond donors (Lipinski definition) is 6. The van der Waals surface area contributed by atoms with Crippen LogP contribution in [0.15, 0.2) is 48.5 Å². The fourth-order valence-corrected chi connectivity index (χ4v) is 8.92. The number of unbranched alkanes of at least 4 members (excludes halogenated alkanes) is 2. The van der Waals surface area contributed by atoms with Crippen LogP contribution in [0.5, 0.6) is 0 Å². The Morgan fingerprint density at radius 2 is 1.34 bits per heavy atom. The number of hydrogen-bond acceptors (Lipinski definition) is 11. The first-order chi connectivity index (χ1) is 28.8. The molecular weight excluding hydrogens is 783 g/mol. The topological polar surface area (TPSA) is 212 Å². The Bertz CT molecular complexity index is 1620. The van der Waals surface area contributed by atoms with Gasteiger partial charge in [0.2, 0.25) is 11.8 Å². The highest BCUT2D eigenvalue weighted by Gasteiger charge is 2.42. The molecule has 17 heteroatoms. The first-order valence-corrected chi connectivity index (χ1v) is 21.7. The van der Waals surface area contributed by atoms with Crippen molar-refractivity contribution in [2.75, 3.05) is 78.3 Å². The van der Waals surface area contributed by atoms with Crippen LogP contribution in [0.25, 0.3) is 11.1 Å². The number of thioether (sulfide) groups is 1. The standard InChI is InChI=1S/C42H59N5O11S/c48-37(15-6-5-14-36-39-35(28-59-36)45-41(52)47-39)44-18-20-55-22-24-57-26-25-56-23-21-54-19-16-38(49)43-17-8-7-13-34(40(50)51)46-42(53)58-27-33-31-11-3-1-9-29(31)30-10-2-4-12-32(30)33/h1-4,9-12,33-36,39H,5-8,13-28H2,(H,43,49)(H,44,48)(H,46,53)(H,50,51)(H2,45,47,52)/t34?,35-,36-,39-/m0/s1. The lowest BCUT2D eigenvalue weighted by atomic mass is 9.98. The van der Waals surface area contributed by atoms with Crippen molar-refractivity contribution in [2.24, 2.45) is 0 Å². The molecule has 3 aliphatic rings. The SMILES string of the molecule is O=C(CCCC[C@@H]1SC[C@@H]2NC(=O)N[C@@H]21)NCCOCCOCCOCCOCCC(=O)NCCCCC(NC(=O)OCC1c2ccccc2-c2ccccc21)C(=O)O. The van der Waals surface area contributed by atoms with Crippen molar-refractivity contribution >= 4 is 41.7 Å². The Morgan fingerprint density at radius 3 is 2.02 bits per heavy atom. The largest absolute Gasteiger partial charge is 0.480 e. The summed E-state index contributed by atoms with van der Waals surface area (Å²) in [7, 11) is 0. The van der Waals surface area contributed by atoms with Crippen LogP contribution in [0.4, 0.5) is 9.59 Å². The molecule has 2 aromatic rings. The molecule has 59 heavy (non-hydrogen) atoms. The normalized spacial score (nSPS) is 18.2. The third-order valence-electron chi connectivity index (χ3n) is 10.4. The van der Waals surface area contributed by atoms with E-state index in [0.29, 0.717) is 83.9 Å². The number of rotatable bonds is 29. The molecule has 0 saturated carbocycles. The van der Waals surface area contributed by atoms with Crippen molar-refractivity contribution in [2.45, 2.75) is 80.7 Å². The molecule has 1 aliphatic carbocycles. The lowest BCUT2D eigenvalue weighted by molar-refractivity contribution is -0.139. The summed E-state index contributed by atoms with van der Waals surface area (Å²) >= 11 is 1.89. The molecule has 5 amide bonds. The molecule has 0 spiro atoms. The highest BCUT2D eigenvalue weighted by Crippen LogP contribution is 2.44. The van der Waals surface area contributed by atoms with Gasteiger partial charge in [-0.15, -0.1) is 0 Å². The van der Waals surface area contributed by atoms with Crippen LogP contribution in [0.3, 0.4) is 0 Å². The van der Waals surface area contributed by atoms with Gasteiger partial charge in [0.1, 0.15) is 12.6 Å². The average molecular weight is 842 g/mol. The maximum Gasteiger partial charge on any atom is 0.407 e. The Morgan fingerprint density at radius 1 is 0.729 bits per heavy atom. The van der Waals surface area contributed by atoms with Gasteiger partial charge in [-0.25, -0.2) is 14.4 Å². The summed E-state index contributed by atoms with van der Waals surface area (Å²) in [4.78, 5) is 60.1. The molecule has 2 aliphatic heterocycles. The van der Waals surface area contributed by atoms with E-state index < -0.39 is 18.1 Å². The first kappa shape index (κ1) is 45.7. The molecule has 2 aromatic carbocycles. The number of benzene rings is 2. The lowest BCUT2D eigenvalue weighted by Gasteiger charge is -2.17. The van der Waals surface area contributed by atoms with E-state index in [4.69, 9.17) is 23.7 Å². The molecule has 5 rings (SSSR count). The zero-order chi connectivity index (χ0) is 41.7. The number of aliphatic carboxylic acids is 1. The minimum atomic E-state index is -1.15. The number of carbonyl (C=O) groups excluding carboxylic acids is 4. The lowest BCUT2D eigenvalue weighted by Crippen LogP contribution is -2.41. The number of carboxylic acid groups (broad SMARTS) is 1. The first-order valence-electron chi connectivity index (χ1n) is 20.7. The monoisotopic (exact) mass is 841 g/mol. The number of carboxylic acids is 1. The van der Waals surface area contributed by atoms with Gasteiger partial charge in [0.25, 0.3) is 0 Å². The molecule has 0 radical (unpaired) electrons. The smallest absolute Gasteiger partial charge is 0.407 e. The number of carbonyl (C=O) groups is 5. The molecule has 6 N–H and O–H groups in total. The van der Waals surface area contributed by atoms with Crippen LogP contribution >= 0.6 is 11.8 Å². The van der Waals surface area contributed by atoms with E-state index in [1.165, 1.54) is 0 Å². The molecule has 324 valence electrons. The second kappa shape index (κ2) is 25.3. The van der Waals surface area contributed by atoms with Crippen LogP contribution in [-0.2, 0) is 38.1 Å². The maximum absolute atomic E-state index is 12.6. The molecule has 4 atom stereocenters. The molecule has 0 aromatic heterocycles. The van der Waals surface area contributed by atoms with Gasteiger partial charge in [-0.2, -0.15) is 11.8 Å². The molecule has 2 fully saturated rings. The van der Waals surface area contributed by atoms with Gasteiger partial charge in [0.05, 0.1) is 64.9 Å². The quantitative estimate of drug-likeness (QED) is 0.0513. The van der Waals surface area contributed by atoms with Gasteiger partial charge in [0, 0.05) is 42.9 Å². The molecule has 1 unspecified atom stereocenters. The van der Waals surface area contributed by atoms with Crippen molar-refractivity contribution < 1.29 is 52.8 Å². The summed E-state index contributed by atoms with van der Waals surface area (Å²) in [5.41, 5.74) is 4.36. The van der Waals surface area contributed by atoms with Gasteiger partial charge in [0.15, 0.2) is 0 Å². The van der Waals surface area contributed by atoms with Crippen molar-refractivity contribution in [1.29, 1.82) is 0 Å². The fourth-order valence-electron chi connectivity index (χ4n) is 7.38. The van der Waals surface area contributed by atoms with Crippen LogP contribution < -0.4 is 26.6 Å². The second-order valence-electron chi connectivity index (χ2n) is 14.6. The summed E-state index contributed by atoms with van der Waals surface area (Å²) < 4.78 is 27.4. The third kappa shape index (κ3) is 15.3. The van der Waals surface area contributed by atoms with Crippen LogP contribution in [0.2, 0.25) is 0 Å². The molecule has 16 nitrogen and oxygen atoms in total. The number of ether oxygens (including phenoxy) is 5. The summed E-state index contributed by atoms with van der Waals surface area (Å²) in [5.74, 6) is -0.474. The van der Waals surface area contributed by atoms with Crippen LogP contribution in [-0.4, -0.2) is 137 Å². The number of nitrogens with one attached hydrogen (secondary N) is 5. The predicted octanol–water partition coefficient (Wildman–Crippen LogP) is 3.56. The van der Waals surface area contributed by atoms with E-state index in [1.54, 1.807) is 0 Å². The Labute approximate surface area is 349 Å². The highest BCUT2D eigenvalue weighted by molar-refractivity contribution is 8.00. The number of fused-ring (bicyclic) bond motifs is 4. The van der Waals surface area contributed by atoms with E-state index in [0.717, 1.165) is 47.3 Å². The summed E-state index contributed by atoms with van der Waals surface area (Å²) in [5, 5.41) is 24.1. The highest BCUT2D eigenvalue weighted by atomic mass is 32.2. The van der Waals surface area contributed by atoms with E-state index in [2.05, 4.69) is 26.6 Å².